The Morgan fingerprint density at radius 1 is 1.28 bits per heavy atom. The van der Waals surface area contributed by atoms with Crippen LogP contribution in [0.15, 0.2) is 11.6 Å². The number of hydrazine groups is 2. The summed E-state index contributed by atoms with van der Waals surface area (Å²) >= 11 is 20.4. The highest BCUT2D eigenvalue weighted by atomic mass is 32.1. The van der Waals surface area contributed by atoms with Crippen LogP contribution in [0.2, 0.25) is 0 Å². The number of nitrogens with zero attached hydrogens (tertiary/aromatic N) is 4. The molecular weight excluding hydrogens is 324 g/mol. The Morgan fingerprint density at radius 2 is 1.94 bits per heavy atom. The molecule has 2 heterocycles. The van der Waals surface area contributed by atoms with Crippen molar-refractivity contribution < 1.29 is 0 Å². The molecule has 0 amide bonds. The molecule has 0 spiro atoms. The van der Waals surface area contributed by atoms with Crippen molar-refractivity contribution in [2.24, 2.45) is 0 Å². The summed E-state index contributed by atoms with van der Waals surface area (Å²) in [7, 11) is 0. The van der Waals surface area contributed by atoms with Crippen molar-refractivity contribution in [1.82, 2.24) is 15.1 Å². The molecule has 1 aliphatic rings. The minimum absolute atomic E-state index is 0.397. The quantitative estimate of drug-likeness (QED) is 0.489. The fourth-order valence-corrected chi connectivity index (χ4v) is 3.30. The molecule has 2 rings (SSSR count). The highest BCUT2D eigenvalue weighted by Gasteiger charge is 2.29. The summed E-state index contributed by atoms with van der Waals surface area (Å²) in [5, 5.41) is 8.22. The van der Waals surface area contributed by atoms with E-state index in [9.17, 15) is 0 Å². The molecule has 0 aliphatic carbocycles. The first-order chi connectivity index (χ1) is 8.61. The second kappa shape index (κ2) is 6.49. The van der Waals surface area contributed by atoms with E-state index in [1.54, 1.807) is 16.3 Å². The third kappa shape index (κ3) is 3.14. The molecule has 4 nitrogen and oxygen atoms in total. The van der Waals surface area contributed by atoms with Crippen molar-refractivity contribution in [2.75, 3.05) is 18.1 Å². The van der Waals surface area contributed by atoms with E-state index in [2.05, 4.69) is 35.3 Å². The lowest BCUT2D eigenvalue weighted by atomic mass is 10.4. The highest BCUT2D eigenvalue weighted by Crippen LogP contribution is 2.25. The summed E-state index contributed by atoms with van der Waals surface area (Å²) in [5.74, 6) is 0. The van der Waals surface area contributed by atoms with Crippen LogP contribution in [-0.2, 0) is 0 Å². The van der Waals surface area contributed by atoms with E-state index < -0.39 is 0 Å². The Bertz CT molecular complexity index is 428. The summed E-state index contributed by atoms with van der Waals surface area (Å²) < 4.78 is 0.830. The molecule has 0 unspecified atom stereocenters. The molecule has 1 aliphatic heterocycles. The zero-order chi connectivity index (χ0) is 13.1. The van der Waals surface area contributed by atoms with Crippen molar-refractivity contribution in [3.8, 4) is 0 Å². The molecule has 0 saturated carbocycles. The number of thiol groups is 2. The molecule has 1 fully saturated rings. The smallest absolute Gasteiger partial charge is 0.211 e. The molecule has 0 atom stereocenters. The van der Waals surface area contributed by atoms with Gasteiger partial charge in [-0.15, -0.1) is 36.6 Å². The Balaban J connectivity index is 2.31. The Hall–Kier alpha value is 0.0700. The zero-order valence-corrected chi connectivity index (χ0v) is 13.6. The van der Waals surface area contributed by atoms with Gasteiger partial charge in [0.2, 0.25) is 5.13 Å². The van der Waals surface area contributed by atoms with Crippen molar-refractivity contribution in [3.05, 3.63) is 11.6 Å². The van der Waals surface area contributed by atoms with E-state index in [0.717, 1.165) is 31.1 Å². The van der Waals surface area contributed by atoms with E-state index >= 15 is 0 Å². The summed E-state index contributed by atoms with van der Waals surface area (Å²) in [6.07, 6.45) is 4.00. The number of hydrogen-bond donors (Lipinski definition) is 2. The van der Waals surface area contributed by atoms with Gasteiger partial charge in [0.15, 0.2) is 8.64 Å². The fraction of sp³-hybridized carbons (Fsp3) is 0.444. The first kappa shape index (κ1) is 14.5. The van der Waals surface area contributed by atoms with E-state index in [0.29, 0.717) is 8.64 Å². The number of thiocarbonyl (C=S) groups is 2. The van der Waals surface area contributed by atoms with E-state index in [1.165, 1.54) is 11.3 Å². The zero-order valence-electron chi connectivity index (χ0n) is 9.39. The van der Waals surface area contributed by atoms with Crippen LogP contribution < -0.4 is 5.01 Å². The van der Waals surface area contributed by atoms with Gasteiger partial charge in [0, 0.05) is 24.7 Å². The average molecular weight is 337 g/mol. The third-order valence-corrected chi connectivity index (χ3v) is 3.94. The lowest BCUT2D eigenvalue weighted by Gasteiger charge is -2.39. The first-order valence-corrected chi connectivity index (χ1v) is 7.90. The van der Waals surface area contributed by atoms with E-state index in [-0.39, 0.29) is 0 Å². The lowest BCUT2D eigenvalue weighted by molar-refractivity contribution is 0.0858. The molecule has 0 radical (unpaired) electrons. The van der Waals surface area contributed by atoms with Gasteiger partial charge in [-0.25, -0.2) is 4.98 Å². The van der Waals surface area contributed by atoms with E-state index in [4.69, 9.17) is 24.4 Å². The topological polar surface area (TPSA) is 22.6 Å². The van der Waals surface area contributed by atoms with Crippen LogP contribution in [0.4, 0.5) is 5.13 Å². The van der Waals surface area contributed by atoms with Crippen LogP contribution in [0.5, 0.6) is 0 Å². The monoisotopic (exact) mass is 336 g/mol. The summed E-state index contributed by atoms with van der Waals surface area (Å²) in [6, 6.07) is 0. The maximum atomic E-state index is 5.21. The van der Waals surface area contributed by atoms with Gasteiger partial charge in [-0.3, -0.25) is 0 Å². The van der Waals surface area contributed by atoms with Crippen LogP contribution >= 0.6 is 61.0 Å². The van der Waals surface area contributed by atoms with E-state index in [1.807, 2.05) is 5.38 Å². The molecular formula is C9H12N4S5. The third-order valence-electron chi connectivity index (χ3n) is 2.49. The SMILES string of the molecule is S=C(S)N(c1nccs1)N(C(=S)S)N1CCCC1. The lowest BCUT2D eigenvalue weighted by Crippen LogP contribution is -2.55. The second-order valence-corrected chi connectivity index (χ2v) is 6.74. The molecule has 0 aromatic carbocycles. The predicted octanol–water partition coefficient (Wildman–Crippen LogP) is 2.61. The Morgan fingerprint density at radius 3 is 2.39 bits per heavy atom. The minimum Gasteiger partial charge on any atom is -0.227 e. The van der Waals surface area contributed by atoms with Crippen LogP contribution in [0.3, 0.4) is 0 Å². The maximum absolute atomic E-state index is 5.21. The van der Waals surface area contributed by atoms with Crippen LogP contribution in [0, 0.1) is 0 Å². The largest absolute Gasteiger partial charge is 0.227 e. The fourth-order valence-electron chi connectivity index (χ4n) is 1.79. The first-order valence-electron chi connectivity index (χ1n) is 5.31. The van der Waals surface area contributed by atoms with Gasteiger partial charge in [-0.05, 0) is 25.1 Å². The summed E-state index contributed by atoms with van der Waals surface area (Å²) in [4.78, 5) is 4.26. The molecule has 9 heteroatoms. The van der Waals surface area contributed by atoms with Gasteiger partial charge in [-0.2, -0.15) is 15.1 Å². The number of hydrogen-bond acceptors (Lipinski definition) is 5. The van der Waals surface area contributed by atoms with Gasteiger partial charge in [-0.1, -0.05) is 12.2 Å². The minimum atomic E-state index is 0.397. The molecule has 1 aromatic heterocycles. The van der Waals surface area contributed by atoms with Crippen molar-refractivity contribution in [3.63, 3.8) is 0 Å². The molecule has 98 valence electrons. The summed E-state index contributed by atoms with van der Waals surface area (Å²) in [6.45, 7) is 1.86. The molecule has 0 N–H and O–H groups in total. The van der Waals surface area contributed by atoms with Gasteiger partial charge < -0.3 is 0 Å². The van der Waals surface area contributed by atoms with Crippen molar-refractivity contribution in [1.29, 1.82) is 0 Å². The Labute approximate surface area is 132 Å². The molecule has 0 bridgehead atoms. The number of aromatic nitrogens is 1. The van der Waals surface area contributed by atoms with Crippen molar-refractivity contribution in [2.45, 2.75) is 12.8 Å². The molecule has 1 aromatic rings. The number of rotatable bonds is 2. The average Bonchev–Trinajstić information content (AvgIpc) is 2.97. The predicted molar refractivity (Wildman–Crippen MR) is 90.4 cm³/mol. The van der Waals surface area contributed by atoms with Crippen LogP contribution in [-0.4, -0.2) is 36.8 Å². The highest BCUT2D eigenvalue weighted by molar-refractivity contribution is 8.12. The van der Waals surface area contributed by atoms with Crippen LogP contribution in [0.1, 0.15) is 12.8 Å². The summed E-state index contributed by atoms with van der Waals surface area (Å²) in [5.41, 5.74) is 0. The number of anilines is 1. The second-order valence-electron chi connectivity index (χ2n) is 3.64. The van der Waals surface area contributed by atoms with Gasteiger partial charge in [0.1, 0.15) is 0 Å². The van der Waals surface area contributed by atoms with Gasteiger partial charge in [0.25, 0.3) is 0 Å². The number of thiazole rings is 1. The van der Waals surface area contributed by atoms with Crippen LogP contribution in [0.25, 0.3) is 0 Å². The Kier molecular flexibility index (Phi) is 5.22. The molecule has 18 heavy (non-hydrogen) atoms. The van der Waals surface area contributed by atoms with Gasteiger partial charge >= 0.3 is 0 Å². The molecule has 1 saturated heterocycles. The normalized spacial score (nSPS) is 15.7. The maximum Gasteiger partial charge on any atom is 0.211 e. The standard InChI is InChI=1S/C9H12N4S5/c14-8(15)12(7-10-3-6-18-7)13(9(16)17)11-4-1-2-5-11/h3,6H,1-2,4-5H2,(H,14,15)(H,16,17). The van der Waals surface area contributed by atoms with Gasteiger partial charge in [0.05, 0.1) is 0 Å². The van der Waals surface area contributed by atoms with Crippen molar-refractivity contribution >= 4 is 74.8 Å².